The maximum atomic E-state index is 11.3. The van der Waals surface area contributed by atoms with E-state index >= 15 is 0 Å². The highest BCUT2D eigenvalue weighted by atomic mass is 16.6. The predicted molar refractivity (Wildman–Crippen MR) is 58.1 cm³/mol. The predicted octanol–water partition coefficient (Wildman–Crippen LogP) is -1.81. The molecule has 0 saturated heterocycles. The molecule has 0 aliphatic rings. The molecular formula is C10H12N2O5. The molecule has 92 valence electrons. The number of aromatic amines is 1. The van der Waals surface area contributed by atoms with E-state index in [1.54, 1.807) is 0 Å². The summed E-state index contributed by atoms with van der Waals surface area (Å²) in [5, 5.41) is 17.7. The molecule has 1 rings (SSSR count). The Balaban J connectivity index is 2.82. The van der Waals surface area contributed by atoms with E-state index < -0.39 is 17.5 Å². The van der Waals surface area contributed by atoms with E-state index in [0.29, 0.717) is 0 Å². The van der Waals surface area contributed by atoms with Crippen LogP contribution in [0.1, 0.15) is 12.0 Å². The van der Waals surface area contributed by atoms with Gasteiger partial charge in [0.25, 0.3) is 5.56 Å². The molecule has 1 aromatic rings. The Morgan fingerprint density at radius 2 is 2.29 bits per heavy atom. The van der Waals surface area contributed by atoms with Crippen LogP contribution in [0.25, 0.3) is 0 Å². The largest absolute Gasteiger partial charge is 0.396 e. The molecule has 3 N–H and O–H groups in total. The smallest absolute Gasteiger partial charge is 0.330 e. The number of nitrogens with one attached hydrogen (secondary N) is 1. The number of aromatic nitrogens is 2. The molecule has 0 spiro atoms. The lowest BCUT2D eigenvalue weighted by Crippen LogP contribution is -2.32. The van der Waals surface area contributed by atoms with E-state index in [0.717, 1.165) is 10.8 Å². The van der Waals surface area contributed by atoms with Gasteiger partial charge in [-0.15, -0.1) is 6.42 Å². The van der Waals surface area contributed by atoms with Crippen molar-refractivity contribution in [1.29, 1.82) is 0 Å². The topological polar surface area (TPSA) is 105 Å². The minimum Gasteiger partial charge on any atom is -0.396 e. The van der Waals surface area contributed by atoms with E-state index in [9.17, 15) is 14.7 Å². The lowest BCUT2D eigenvalue weighted by molar-refractivity contribution is -0.134. The van der Waals surface area contributed by atoms with Gasteiger partial charge in [0.15, 0.2) is 6.29 Å². The van der Waals surface area contributed by atoms with Gasteiger partial charge in [0, 0.05) is 19.2 Å². The summed E-state index contributed by atoms with van der Waals surface area (Å²) in [7, 11) is 0. The van der Waals surface area contributed by atoms with Crippen LogP contribution in [0.4, 0.5) is 0 Å². The lowest BCUT2D eigenvalue weighted by atomic mass is 10.3. The monoisotopic (exact) mass is 240 g/mol. The molecule has 0 amide bonds. The third-order valence-corrected chi connectivity index (χ3v) is 1.95. The fourth-order valence-electron chi connectivity index (χ4n) is 1.07. The maximum absolute atomic E-state index is 11.3. The van der Waals surface area contributed by atoms with Crippen LogP contribution in [0.15, 0.2) is 15.8 Å². The van der Waals surface area contributed by atoms with Crippen LogP contribution in [-0.4, -0.2) is 32.7 Å². The van der Waals surface area contributed by atoms with Crippen molar-refractivity contribution in [3.05, 3.63) is 32.6 Å². The van der Waals surface area contributed by atoms with Crippen molar-refractivity contribution in [2.24, 2.45) is 0 Å². The normalized spacial score (nSPS) is 12.1. The van der Waals surface area contributed by atoms with Gasteiger partial charge in [-0.05, 0) is 0 Å². The average Bonchev–Trinajstić information content (AvgIpc) is 2.28. The van der Waals surface area contributed by atoms with Crippen LogP contribution in [0, 0.1) is 12.3 Å². The number of H-pyrrole nitrogens is 1. The third-order valence-electron chi connectivity index (χ3n) is 1.95. The van der Waals surface area contributed by atoms with Crippen LogP contribution in [0.3, 0.4) is 0 Å². The molecule has 17 heavy (non-hydrogen) atoms. The number of rotatable bonds is 5. The molecule has 1 aromatic heterocycles. The molecule has 0 aliphatic carbocycles. The molecule has 0 aliphatic heterocycles. The van der Waals surface area contributed by atoms with Crippen molar-refractivity contribution in [3.63, 3.8) is 0 Å². The van der Waals surface area contributed by atoms with Crippen molar-refractivity contribution in [1.82, 2.24) is 9.55 Å². The Morgan fingerprint density at radius 3 is 2.88 bits per heavy atom. The Bertz CT molecular complexity index is 525. The van der Waals surface area contributed by atoms with Crippen molar-refractivity contribution >= 4 is 0 Å². The molecule has 0 radical (unpaired) electrons. The lowest BCUT2D eigenvalue weighted by Gasteiger charge is -2.11. The second-order valence-electron chi connectivity index (χ2n) is 3.18. The van der Waals surface area contributed by atoms with Crippen LogP contribution >= 0.6 is 0 Å². The molecule has 7 heteroatoms. The molecule has 1 unspecified atom stereocenters. The van der Waals surface area contributed by atoms with Crippen LogP contribution < -0.4 is 11.2 Å². The number of hydrogen-bond donors (Lipinski definition) is 3. The quantitative estimate of drug-likeness (QED) is 0.416. The Kier molecular flexibility index (Phi) is 4.66. The first kappa shape index (κ1) is 13.2. The second kappa shape index (κ2) is 6.00. The molecule has 0 saturated carbocycles. The van der Waals surface area contributed by atoms with Gasteiger partial charge in [0.1, 0.15) is 12.3 Å². The van der Waals surface area contributed by atoms with Gasteiger partial charge in [-0.3, -0.25) is 14.3 Å². The Morgan fingerprint density at radius 1 is 1.59 bits per heavy atom. The maximum Gasteiger partial charge on any atom is 0.330 e. The van der Waals surface area contributed by atoms with E-state index in [2.05, 4.69) is 5.92 Å². The second-order valence-corrected chi connectivity index (χ2v) is 3.18. The van der Waals surface area contributed by atoms with E-state index in [-0.39, 0.29) is 25.3 Å². The summed E-state index contributed by atoms with van der Waals surface area (Å²) in [6, 6.07) is 0. The molecule has 0 aromatic carbocycles. The summed E-state index contributed by atoms with van der Waals surface area (Å²) >= 11 is 0. The molecule has 1 heterocycles. The third kappa shape index (κ3) is 3.57. The van der Waals surface area contributed by atoms with Crippen LogP contribution in [0.5, 0.6) is 0 Å². The summed E-state index contributed by atoms with van der Waals surface area (Å²) < 4.78 is 5.87. The number of aliphatic hydroxyl groups is 2. The van der Waals surface area contributed by atoms with Crippen molar-refractivity contribution in [3.8, 4) is 12.3 Å². The summed E-state index contributed by atoms with van der Waals surface area (Å²) in [4.78, 5) is 24.4. The van der Waals surface area contributed by atoms with Crippen LogP contribution in [-0.2, 0) is 11.5 Å². The van der Waals surface area contributed by atoms with Crippen molar-refractivity contribution in [2.75, 3.05) is 6.61 Å². The Labute approximate surface area is 96.3 Å². The van der Waals surface area contributed by atoms with Gasteiger partial charge in [-0.25, -0.2) is 4.79 Å². The number of hydrogen-bond acceptors (Lipinski definition) is 5. The van der Waals surface area contributed by atoms with Crippen molar-refractivity contribution < 1.29 is 14.9 Å². The summed E-state index contributed by atoms with van der Waals surface area (Å²) in [5.41, 5.74) is -1.35. The first-order valence-electron chi connectivity index (χ1n) is 4.79. The van der Waals surface area contributed by atoms with Gasteiger partial charge in [-0.2, -0.15) is 0 Å². The van der Waals surface area contributed by atoms with Gasteiger partial charge in [-0.1, -0.05) is 5.92 Å². The van der Waals surface area contributed by atoms with Crippen LogP contribution in [0.2, 0.25) is 0 Å². The van der Waals surface area contributed by atoms with Gasteiger partial charge < -0.3 is 14.9 Å². The van der Waals surface area contributed by atoms with Gasteiger partial charge >= 0.3 is 5.69 Å². The number of aliphatic hydroxyl groups excluding tert-OH is 2. The highest BCUT2D eigenvalue weighted by Gasteiger charge is 2.06. The molecule has 0 fully saturated rings. The highest BCUT2D eigenvalue weighted by Crippen LogP contribution is 1.94. The number of terminal acetylenes is 1. The summed E-state index contributed by atoms with van der Waals surface area (Å²) in [5.74, 6) is 2.11. The molecule has 7 nitrogen and oxygen atoms in total. The number of nitrogens with zero attached hydrogens (tertiary/aromatic N) is 1. The van der Waals surface area contributed by atoms with E-state index in [1.807, 2.05) is 4.98 Å². The fraction of sp³-hybridized carbons (Fsp3) is 0.400. The van der Waals surface area contributed by atoms with Crippen molar-refractivity contribution in [2.45, 2.75) is 19.4 Å². The summed E-state index contributed by atoms with van der Waals surface area (Å²) in [6.07, 6.45) is 5.07. The SMILES string of the molecule is C#Cc1cn(COC(O)CCO)c(=O)[nH]c1=O. The highest BCUT2D eigenvalue weighted by molar-refractivity contribution is 5.25. The Hall–Kier alpha value is -1.88. The molecule has 0 bridgehead atoms. The zero-order chi connectivity index (χ0) is 12.8. The first-order valence-corrected chi connectivity index (χ1v) is 4.79. The standard InChI is InChI=1S/C10H12N2O5/c1-2-7-5-12(10(16)11-9(7)15)6-17-8(14)3-4-13/h1,5,8,13-14H,3-4,6H2,(H,11,15,16). The number of ether oxygens (including phenoxy) is 1. The average molecular weight is 240 g/mol. The first-order chi connectivity index (χ1) is 8.08. The minimum atomic E-state index is -1.19. The molecule has 1 atom stereocenters. The zero-order valence-corrected chi connectivity index (χ0v) is 8.92. The van der Waals surface area contributed by atoms with E-state index in [4.69, 9.17) is 16.3 Å². The van der Waals surface area contributed by atoms with Gasteiger partial charge in [0.05, 0.1) is 0 Å². The summed E-state index contributed by atoms with van der Waals surface area (Å²) in [6.45, 7) is -0.511. The zero-order valence-electron chi connectivity index (χ0n) is 8.92. The fourth-order valence-corrected chi connectivity index (χ4v) is 1.07. The van der Waals surface area contributed by atoms with Gasteiger partial charge in [0.2, 0.25) is 0 Å². The van der Waals surface area contributed by atoms with E-state index in [1.165, 1.54) is 0 Å². The molecular weight excluding hydrogens is 228 g/mol. The minimum absolute atomic E-state index is 0.00940.